The van der Waals surface area contributed by atoms with Crippen LogP contribution in [0.1, 0.15) is 45.1 Å². The molecule has 0 saturated heterocycles. The van der Waals surface area contributed by atoms with Crippen LogP contribution in [0.25, 0.3) is 5.57 Å². The van der Waals surface area contributed by atoms with Crippen molar-refractivity contribution in [2.75, 3.05) is 6.54 Å². The lowest BCUT2D eigenvalue weighted by atomic mass is 9.94. The van der Waals surface area contributed by atoms with Gasteiger partial charge in [-0.15, -0.1) is 0 Å². The molecule has 2 rings (SSSR count). The Balaban J connectivity index is 2.33. The summed E-state index contributed by atoms with van der Waals surface area (Å²) >= 11 is 0. The number of sulfonamides is 1. The van der Waals surface area contributed by atoms with Crippen LogP contribution in [0.2, 0.25) is 0 Å². The first-order valence-electron chi connectivity index (χ1n) is 7.50. The Morgan fingerprint density at radius 3 is 2.57 bits per heavy atom. The van der Waals surface area contributed by atoms with Crippen LogP contribution in [0.5, 0.6) is 0 Å². The van der Waals surface area contributed by atoms with Gasteiger partial charge >= 0.3 is 0 Å². The normalized spacial score (nSPS) is 15.5. The van der Waals surface area contributed by atoms with Crippen molar-refractivity contribution < 1.29 is 8.42 Å². The average Bonchev–Trinajstić information content (AvgIpc) is 2.48. The smallest absolute Gasteiger partial charge is 0.211 e. The lowest BCUT2D eigenvalue weighted by molar-refractivity contribution is 0.578. The number of nitrogens with one attached hydrogen (secondary N) is 1. The van der Waals surface area contributed by atoms with Crippen molar-refractivity contribution >= 4 is 15.6 Å². The molecule has 1 aliphatic rings. The summed E-state index contributed by atoms with van der Waals surface area (Å²) in [7, 11) is -3.44. The zero-order valence-electron chi connectivity index (χ0n) is 12.7. The van der Waals surface area contributed by atoms with Gasteiger partial charge in [0.1, 0.15) is 0 Å². The fraction of sp³-hybridized carbons (Fsp3) is 0.412. The van der Waals surface area contributed by atoms with Gasteiger partial charge in [0, 0.05) is 6.54 Å². The molecule has 0 aliphatic heterocycles. The molecule has 0 radical (unpaired) electrons. The van der Waals surface area contributed by atoms with E-state index in [1.54, 1.807) is 12.1 Å². The highest BCUT2D eigenvalue weighted by Crippen LogP contribution is 2.30. The lowest BCUT2D eigenvalue weighted by Gasteiger charge is -2.16. The number of hydrogen-bond acceptors (Lipinski definition) is 2. The summed E-state index contributed by atoms with van der Waals surface area (Å²) in [5.74, 6) is 0. The Kier molecular flexibility index (Phi) is 5.37. The second-order valence-corrected chi connectivity index (χ2v) is 7.19. The third kappa shape index (κ3) is 4.05. The number of unbranched alkanes of at least 4 members (excludes halogenated alkanes) is 1. The molecule has 21 heavy (non-hydrogen) atoms. The molecule has 0 amide bonds. The molecular formula is C17H23NO2S. The van der Waals surface area contributed by atoms with Crippen LogP contribution in [0.4, 0.5) is 0 Å². The molecule has 1 N–H and O–H groups in total. The summed E-state index contributed by atoms with van der Waals surface area (Å²) in [6.07, 6.45) is 7.82. The van der Waals surface area contributed by atoms with Crippen molar-refractivity contribution in [2.45, 2.75) is 44.4 Å². The maximum Gasteiger partial charge on any atom is 0.241 e. The van der Waals surface area contributed by atoms with Gasteiger partial charge in [0.05, 0.1) is 4.90 Å². The minimum absolute atomic E-state index is 0.389. The highest BCUT2D eigenvalue weighted by atomic mass is 32.2. The molecule has 0 atom stereocenters. The molecule has 0 unspecified atom stereocenters. The predicted molar refractivity (Wildman–Crippen MR) is 87.5 cm³/mol. The van der Waals surface area contributed by atoms with Crippen molar-refractivity contribution in [3.8, 4) is 0 Å². The molecule has 4 heteroatoms. The molecular weight excluding hydrogens is 282 g/mol. The molecule has 0 fully saturated rings. The molecule has 1 aliphatic carbocycles. The van der Waals surface area contributed by atoms with Crippen molar-refractivity contribution in [2.24, 2.45) is 0 Å². The topological polar surface area (TPSA) is 46.2 Å². The van der Waals surface area contributed by atoms with Gasteiger partial charge in [-0.05, 0) is 43.4 Å². The number of allylic oxidation sites excluding steroid dienone is 4. The van der Waals surface area contributed by atoms with E-state index in [1.165, 1.54) is 5.57 Å². The van der Waals surface area contributed by atoms with E-state index in [2.05, 4.69) is 17.7 Å². The van der Waals surface area contributed by atoms with E-state index in [-0.39, 0.29) is 0 Å². The second kappa shape index (κ2) is 7.05. The van der Waals surface area contributed by atoms with Gasteiger partial charge in [0.15, 0.2) is 0 Å². The summed E-state index contributed by atoms with van der Waals surface area (Å²) in [4.78, 5) is 0.389. The highest BCUT2D eigenvalue weighted by Gasteiger charge is 2.20. The largest absolute Gasteiger partial charge is 0.241 e. The van der Waals surface area contributed by atoms with E-state index >= 15 is 0 Å². The first-order chi connectivity index (χ1) is 10.0. The SMILES string of the molecule is CCCCNS(=O)(=O)c1ccccc1C1=CC=C(C)CC1. The molecule has 0 heterocycles. The van der Waals surface area contributed by atoms with Crippen LogP contribution in [0, 0.1) is 0 Å². The van der Waals surface area contributed by atoms with Gasteiger partial charge in [0.25, 0.3) is 0 Å². The monoisotopic (exact) mass is 305 g/mol. The number of rotatable bonds is 6. The van der Waals surface area contributed by atoms with Crippen LogP contribution in [-0.2, 0) is 10.0 Å². The summed E-state index contributed by atoms with van der Waals surface area (Å²) in [6, 6.07) is 7.26. The predicted octanol–water partition coefficient (Wildman–Crippen LogP) is 3.89. The zero-order valence-corrected chi connectivity index (χ0v) is 13.5. The van der Waals surface area contributed by atoms with Gasteiger partial charge < -0.3 is 0 Å². The summed E-state index contributed by atoms with van der Waals surface area (Å²) in [6.45, 7) is 4.64. The summed E-state index contributed by atoms with van der Waals surface area (Å²) in [5.41, 5.74) is 3.25. The van der Waals surface area contributed by atoms with E-state index in [4.69, 9.17) is 0 Å². The highest BCUT2D eigenvalue weighted by molar-refractivity contribution is 7.89. The van der Waals surface area contributed by atoms with Crippen LogP contribution in [0.3, 0.4) is 0 Å². The molecule has 3 nitrogen and oxygen atoms in total. The Morgan fingerprint density at radius 1 is 1.14 bits per heavy atom. The van der Waals surface area contributed by atoms with Gasteiger partial charge in [0.2, 0.25) is 10.0 Å². The third-order valence-corrected chi connectivity index (χ3v) is 5.22. The average molecular weight is 305 g/mol. The van der Waals surface area contributed by atoms with E-state index in [0.29, 0.717) is 11.4 Å². The van der Waals surface area contributed by atoms with E-state index in [0.717, 1.165) is 36.8 Å². The van der Waals surface area contributed by atoms with Gasteiger partial charge in [-0.1, -0.05) is 49.3 Å². The molecule has 1 aromatic rings. The molecule has 1 aromatic carbocycles. The minimum atomic E-state index is -3.44. The van der Waals surface area contributed by atoms with Crippen molar-refractivity contribution in [3.05, 3.63) is 47.6 Å². The molecule has 0 bridgehead atoms. The zero-order chi connectivity index (χ0) is 15.3. The van der Waals surface area contributed by atoms with Gasteiger partial charge in [-0.2, -0.15) is 0 Å². The maximum atomic E-state index is 12.5. The number of benzene rings is 1. The van der Waals surface area contributed by atoms with Crippen LogP contribution < -0.4 is 4.72 Å². The van der Waals surface area contributed by atoms with E-state index in [9.17, 15) is 8.42 Å². The fourth-order valence-corrected chi connectivity index (χ4v) is 3.71. The maximum absolute atomic E-state index is 12.5. The molecule has 0 aromatic heterocycles. The minimum Gasteiger partial charge on any atom is -0.211 e. The first kappa shape index (κ1) is 16.0. The summed E-state index contributed by atoms with van der Waals surface area (Å²) < 4.78 is 27.7. The Labute approximate surface area is 127 Å². The molecule has 0 spiro atoms. The third-order valence-electron chi connectivity index (χ3n) is 3.70. The Hall–Kier alpha value is -1.39. The Morgan fingerprint density at radius 2 is 1.90 bits per heavy atom. The van der Waals surface area contributed by atoms with Crippen molar-refractivity contribution in [1.29, 1.82) is 0 Å². The van der Waals surface area contributed by atoms with E-state index < -0.39 is 10.0 Å². The lowest BCUT2D eigenvalue weighted by Crippen LogP contribution is -2.25. The second-order valence-electron chi connectivity index (χ2n) is 5.45. The fourth-order valence-electron chi connectivity index (χ4n) is 2.39. The molecule has 114 valence electrons. The first-order valence-corrected chi connectivity index (χ1v) is 8.98. The molecule has 0 saturated carbocycles. The van der Waals surface area contributed by atoms with Crippen LogP contribution >= 0.6 is 0 Å². The van der Waals surface area contributed by atoms with Crippen molar-refractivity contribution in [1.82, 2.24) is 4.72 Å². The van der Waals surface area contributed by atoms with E-state index in [1.807, 2.05) is 25.1 Å². The number of hydrogen-bond donors (Lipinski definition) is 1. The quantitative estimate of drug-likeness (QED) is 0.810. The standard InChI is InChI=1S/C17H23NO2S/c1-3-4-13-18-21(19,20)17-8-6-5-7-16(17)15-11-9-14(2)10-12-15/h5-9,11,18H,3-4,10,12-13H2,1-2H3. The van der Waals surface area contributed by atoms with Gasteiger partial charge in [-0.3, -0.25) is 0 Å². The summed E-state index contributed by atoms with van der Waals surface area (Å²) in [5, 5.41) is 0. The Bertz CT molecular complexity index is 657. The van der Waals surface area contributed by atoms with Crippen LogP contribution in [0.15, 0.2) is 46.9 Å². The van der Waals surface area contributed by atoms with Crippen LogP contribution in [-0.4, -0.2) is 15.0 Å². The van der Waals surface area contributed by atoms with Crippen molar-refractivity contribution in [3.63, 3.8) is 0 Å². The van der Waals surface area contributed by atoms with Gasteiger partial charge in [-0.25, -0.2) is 13.1 Å².